The van der Waals surface area contributed by atoms with E-state index in [0.29, 0.717) is 19.3 Å². The van der Waals surface area contributed by atoms with Crippen molar-refractivity contribution in [1.82, 2.24) is 4.90 Å². The minimum Gasteiger partial charge on any atom is -0.481 e. The Morgan fingerprint density at radius 2 is 1.95 bits per heavy atom. The van der Waals surface area contributed by atoms with Crippen molar-refractivity contribution in [1.29, 1.82) is 0 Å². The number of benzene rings is 1. The van der Waals surface area contributed by atoms with E-state index in [4.69, 9.17) is 5.11 Å². The van der Waals surface area contributed by atoms with Crippen molar-refractivity contribution in [3.63, 3.8) is 0 Å². The first kappa shape index (κ1) is 15.4. The van der Waals surface area contributed by atoms with Gasteiger partial charge in [-0.15, -0.1) is 0 Å². The molecular weight excluding hydrogens is 280 g/mol. The zero-order chi connectivity index (χ0) is 15.6. The Bertz CT molecular complexity index is 562. The average molecular weight is 297 g/mol. The summed E-state index contributed by atoms with van der Waals surface area (Å²) in [6.45, 7) is 0.0409. The van der Waals surface area contributed by atoms with Crippen LogP contribution < -0.4 is 0 Å². The molecule has 1 aliphatic carbocycles. The summed E-state index contributed by atoms with van der Waals surface area (Å²) in [5.41, 5.74) is 0.236. The third-order valence-electron chi connectivity index (χ3n) is 3.93. The number of hydrogen-bond donors (Lipinski definition) is 1. The lowest BCUT2D eigenvalue weighted by atomic mass is 10.0. The SMILES string of the molecule is CN(Cc1ccc(F)cc1F)C(=O)[C@@H]1CC[C@H](C(=O)O)C1. The normalized spacial score (nSPS) is 21.3. The van der Waals surface area contributed by atoms with Gasteiger partial charge in [0.2, 0.25) is 5.91 Å². The molecule has 4 nitrogen and oxygen atoms in total. The van der Waals surface area contributed by atoms with E-state index in [1.54, 1.807) is 7.05 Å². The molecule has 1 aromatic carbocycles. The number of nitrogens with zero attached hydrogens (tertiary/aromatic N) is 1. The highest BCUT2D eigenvalue weighted by molar-refractivity contribution is 5.80. The van der Waals surface area contributed by atoms with Gasteiger partial charge in [-0.1, -0.05) is 6.07 Å². The van der Waals surface area contributed by atoms with Crippen molar-refractivity contribution in [2.75, 3.05) is 7.05 Å². The first-order valence-corrected chi connectivity index (χ1v) is 6.80. The quantitative estimate of drug-likeness (QED) is 0.928. The van der Waals surface area contributed by atoms with Crippen molar-refractivity contribution in [3.8, 4) is 0 Å². The number of carbonyl (C=O) groups is 2. The van der Waals surface area contributed by atoms with Gasteiger partial charge in [0.25, 0.3) is 0 Å². The van der Waals surface area contributed by atoms with Crippen molar-refractivity contribution < 1.29 is 23.5 Å². The van der Waals surface area contributed by atoms with Crippen molar-refractivity contribution in [2.45, 2.75) is 25.8 Å². The number of amides is 1. The van der Waals surface area contributed by atoms with E-state index in [1.165, 1.54) is 11.0 Å². The summed E-state index contributed by atoms with van der Waals surface area (Å²) in [5.74, 6) is -3.23. The van der Waals surface area contributed by atoms with Crippen molar-refractivity contribution in [2.24, 2.45) is 11.8 Å². The molecule has 0 aliphatic heterocycles. The summed E-state index contributed by atoms with van der Waals surface area (Å²) >= 11 is 0. The van der Waals surface area contributed by atoms with Gasteiger partial charge in [0, 0.05) is 31.1 Å². The maximum absolute atomic E-state index is 13.6. The van der Waals surface area contributed by atoms with Crippen LogP contribution in [-0.4, -0.2) is 28.9 Å². The fourth-order valence-corrected chi connectivity index (χ4v) is 2.73. The molecule has 0 heterocycles. The third-order valence-corrected chi connectivity index (χ3v) is 3.93. The van der Waals surface area contributed by atoms with Gasteiger partial charge in [0.05, 0.1) is 5.92 Å². The number of aliphatic carboxylic acids is 1. The van der Waals surface area contributed by atoms with E-state index in [-0.39, 0.29) is 23.9 Å². The highest BCUT2D eigenvalue weighted by Gasteiger charge is 2.35. The Morgan fingerprint density at radius 1 is 1.29 bits per heavy atom. The molecule has 0 bridgehead atoms. The van der Waals surface area contributed by atoms with E-state index < -0.39 is 23.5 Å². The van der Waals surface area contributed by atoms with Crippen LogP contribution in [0.25, 0.3) is 0 Å². The summed E-state index contributed by atoms with van der Waals surface area (Å²) in [7, 11) is 1.54. The topological polar surface area (TPSA) is 57.6 Å². The standard InChI is InChI=1S/C15H17F2NO3/c1-18(8-11-4-5-12(16)7-13(11)17)14(19)9-2-3-10(6-9)15(20)21/h4-5,7,9-10H,2-3,6,8H2,1H3,(H,20,21)/t9-,10+/m1/s1. The summed E-state index contributed by atoms with van der Waals surface area (Å²) in [6.07, 6.45) is 1.35. The average Bonchev–Trinajstić information content (AvgIpc) is 2.90. The lowest BCUT2D eigenvalue weighted by molar-refractivity contribution is -0.141. The predicted molar refractivity (Wildman–Crippen MR) is 71.3 cm³/mol. The Hall–Kier alpha value is -1.98. The number of carboxylic acids is 1. The van der Waals surface area contributed by atoms with Crippen molar-refractivity contribution in [3.05, 3.63) is 35.4 Å². The molecule has 0 aromatic heterocycles. The smallest absolute Gasteiger partial charge is 0.306 e. The van der Waals surface area contributed by atoms with Gasteiger partial charge in [0.15, 0.2) is 0 Å². The summed E-state index contributed by atoms with van der Waals surface area (Å²) in [6, 6.07) is 3.24. The van der Waals surface area contributed by atoms with Gasteiger partial charge >= 0.3 is 5.97 Å². The van der Waals surface area contributed by atoms with Crippen LogP contribution >= 0.6 is 0 Å². The molecule has 1 N–H and O–H groups in total. The first-order chi connectivity index (χ1) is 9.88. The molecule has 114 valence electrons. The van der Waals surface area contributed by atoms with Gasteiger partial charge in [0.1, 0.15) is 11.6 Å². The Balaban J connectivity index is 1.98. The Morgan fingerprint density at radius 3 is 2.52 bits per heavy atom. The van der Waals surface area contributed by atoms with Gasteiger partial charge in [-0.25, -0.2) is 8.78 Å². The van der Waals surface area contributed by atoms with E-state index >= 15 is 0 Å². The van der Waals surface area contributed by atoms with Crippen LogP contribution in [-0.2, 0) is 16.1 Å². The van der Waals surface area contributed by atoms with Gasteiger partial charge in [-0.3, -0.25) is 9.59 Å². The minimum atomic E-state index is -0.877. The highest BCUT2D eigenvalue weighted by Crippen LogP contribution is 2.32. The fourth-order valence-electron chi connectivity index (χ4n) is 2.73. The lowest BCUT2D eigenvalue weighted by Crippen LogP contribution is -2.32. The van der Waals surface area contributed by atoms with E-state index in [2.05, 4.69) is 0 Å². The second kappa shape index (κ2) is 6.20. The van der Waals surface area contributed by atoms with Crippen LogP contribution in [0.2, 0.25) is 0 Å². The van der Waals surface area contributed by atoms with Gasteiger partial charge in [-0.2, -0.15) is 0 Å². The molecule has 6 heteroatoms. The highest BCUT2D eigenvalue weighted by atomic mass is 19.1. The monoisotopic (exact) mass is 297 g/mol. The number of carbonyl (C=O) groups excluding carboxylic acids is 1. The molecule has 2 rings (SSSR count). The molecule has 0 saturated heterocycles. The van der Waals surface area contributed by atoms with Gasteiger partial charge in [-0.05, 0) is 25.3 Å². The summed E-state index contributed by atoms with van der Waals surface area (Å²) in [4.78, 5) is 24.5. The molecule has 0 spiro atoms. The molecule has 1 saturated carbocycles. The zero-order valence-electron chi connectivity index (χ0n) is 11.7. The van der Waals surface area contributed by atoms with Crippen LogP contribution in [0.1, 0.15) is 24.8 Å². The Kier molecular flexibility index (Phi) is 4.55. The number of carboxylic acid groups (broad SMARTS) is 1. The van der Waals surface area contributed by atoms with E-state index in [9.17, 15) is 18.4 Å². The third kappa shape index (κ3) is 3.56. The zero-order valence-corrected chi connectivity index (χ0v) is 11.7. The predicted octanol–water partition coefficient (Wildman–Crippen LogP) is 2.42. The fraction of sp³-hybridized carbons (Fsp3) is 0.467. The lowest BCUT2D eigenvalue weighted by Gasteiger charge is -2.21. The van der Waals surface area contributed by atoms with Crippen molar-refractivity contribution >= 4 is 11.9 Å². The van der Waals surface area contributed by atoms with Crippen LogP contribution in [0, 0.1) is 23.5 Å². The molecule has 1 fully saturated rings. The molecule has 0 radical (unpaired) electrons. The molecule has 2 atom stereocenters. The van der Waals surface area contributed by atoms with Crippen LogP contribution in [0.5, 0.6) is 0 Å². The largest absolute Gasteiger partial charge is 0.481 e. The maximum atomic E-state index is 13.6. The second-order valence-electron chi connectivity index (χ2n) is 5.48. The maximum Gasteiger partial charge on any atom is 0.306 e. The van der Waals surface area contributed by atoms with Gasteiger partial charge < -0.3 is 10.0 Å². The van der Waals surface area contributed by atoms with Crippen LogP contribution in [0.4, 0.5) is 8.78 Å². The molecule has 1 aromatic rings. The molecule has 21 heavy (non-hydrogen) atoms. The molecule has 0 unspecified atom stereocenters. The number of halogens is 2. The number of rotatable bonds is 4. The van der Waals surface area contributed by atoms with E-state index in [0.717, 1.165) is 12.1 Å². The molecular formula is C15H17F2NO3. The molecule has 1 amide bonds. The molecule has 1 aliphatic rings. The first-order valence-electron chi connectivity index (χ1n) is 6.80. The van der Waals surface area contributed by atoms with Crippen LogP contribution in [0.3, 0.4) is 0 Å². The number of hydrogen-bond acceptors (Lipinski definition) is 2. The van der Waals surface area contributed by atoms with E-state index in [1.807, 2.05) is 0 Å². The van der Waals surface area contributed by atoms with Crippen LogP contribution in [0.15, 0.2) is 18.2 Å². The second-order valence-corrected chi connectivity index (χ2v) is 5.48. The summed E-state index contributed by atoms with van der Waals surface area (Å²) in [5, 5.41) is 8.94. The Labute approximate surface area is 121 Å². The summed E-state index contributed by atoms with van der Waals surface area (Å²) < 4.78 is 26.4. The minimum absolute atomic E-state index is 0.0409.